The molecule has 0 saturated carbocycles. The van der Waals surface area contributed by atoms with Crippen molar-refractivity contribution in [3.05, 3.63) is 45.4 Å². The van der Waals surface area contributed by atoms with Gasteiger partial charge < -0.3 is 4.98 Å². The van der Waals surface area contributed by atoms with E-state index in [1.807, 2.05) is 0 Å². The quantitative estimate of drug-likeness (QED) is 0.767. The Morgan fingerprint density at radius 3 is 2.44 bits per heavy atom. The summed E-state index contributed by atoms with van der Waals surface area (Å²) in [5.74, 6) is 0. The Bertz CT molecular complexity index is 642. The van der Waals surface area contributed by atoms with Gasteiger partial charge in [0.15, 0.2) is 4.77 Å². The van der Waals surface area contributed by atoms with Crippen molar-refractivity contribution < 1.29 is 13.2 Å². The van der Waals surface area contributed by atoms with E-state index in [1.54, 1.807) is 13.1 Å². The fourth-order valence-corrected chi connectivity index (χ4v) is 2.18. The summed E-state index contributed by atoms with van der Waals surface area (Å²) in [6.07, 6.45) is -2.82. The minimum absolute atomic E-state index is 0.0160. The van der Waals surface area contributed by atoms with Gasteiger partial charge in [0, 0.05) is 16.9 Å². The number of aromatic nitrogens is 2. The van der Waals surface area contributed by atoms with E-state index in [9.17, 15) is 13.2 Å². The van der Waals surface area contributed by atoms with Gasteiger partial charge in [-0.15, -0.1) is 0 Å². The van der Waals surface area contributed by atoms with Gasteiger partial charge in [-0.2, -0.15) is 13.2 Å². The second-order valence-corrected chi connectivity index (χ2v) is 4.59. The second kappa shape index (κ2) is 4.44. The topological polar surface area (TPSA) is 20.7 Å². The molecule has 7 heteroatoms. The number of rotatable bonds is 1. The first-order valence-electron chi connectivity index (χ1n) is 4.94. The zero-order valence-electron chi connectivity index (χ0n) is 9.18. The molecule has 2 nitrogen and oxygen atoms in total. The molecule has 0 unspecified atom stereocenters. The van der Waals surface area contributed by atoms with E-state index in [-0.39, 0.29) is 5.02 Å². The number of aromatic amines is 1. The van der Waals surface area contributed by atoms with Crippen LogP contribution in [0.2, 0.25) is 5.02 Å². The number of hydrogen-bond donors (Lipinski definition) is 1. The summed E-state index contributed by atoms with van der Waals surface area (Å²) >= 11 is 10.7. The number of imidazole rings is 1. The number of nitrogens with one attached hydrogen (secondary N) is 1. The molecule has 1 heterocycles. The Balaban J connectivity index is 2.67. The lowest BCUT2D eigenvalue weighted by Crippen LogP contribution is -2.07. The molecule has 1 N–H and O–H groups in total. The van der Waals surface area contributed by atoms with Crippen LogP contribution in [0.1, 0.15) is 11.3 Å². The molecular weight excluding hydrogens is 285 g/mol. The summed E-state index contributed by atoms with van der Waals surface area (Å²) in [5, 5.41) is 0.0160. The van der Waals surface area contributed by atoms with Crippen LogP contribution in [0.4, 0.5) is 13.2 Å². The minimum atomic E-state index is -4.44. The molecule has 2 aromatic rings. The lowest BCUT2D eigenvalue weighted by molar-refractivity contribution is -0.137. The van der Waals surface area contributed by atoms with Crippen LogP contribution in [-0.4, -0.2) is 9.55 Å². The Morgan fingerprint density at radius 2 is 1.94 bits per heavy atom. The van der Waals surface area contributed by atoms with Crippen LogP contribution in [0.25, 0.3) is 5.69 Å². The molecule has 0 aliphatic heterocycles. The van der Waals surface area contributed by atoms with Gasteiger partial charge in [-0.05, 0) is 37.3 Å². The van der Waals surface area contributed by atoms with Gasteiger partial charge >= 0.3 is 6.18 Å². The third-order valence-corrected chi connectivity index (χ3v) is 2.95. The minimum Gasteiger partial charge on any atom is -0.337 e. The molecule has 2 rings (SSSR count). The number of hydrogen-bond acceptors (Lipinski definition) is 1. The highest BCUT2D eigenvalue weighted by atomic mass is 35.5. The van der Waals surface area contributed by atoms with E-state index in [4.69, 9.17) is 23.8 Å². The van der Waals surface area contributed by atoms with E-state index in [1.165, 1.54) is 10.6 Å². The smallest absolute Gasteiger partial charge is 0.337 e. The molecule has 0 fully saturated rings. The first kappa shape index (κ1) is 13.2. The third-order valence-electron chi connectivity index (χ3n) is 2.43. The fraction of sp³-hybridized carbons (Fsp3) is 0.182. The van der Waals surface area contributed by atoms with Crippen LogP contribution in [0.15, 0.2) is 24.4 Å². The van der Waals surface area contributed by atoms with Gasteiger partial charge in [0.1, 0.15) is 0 Å². The SMILES string of the molecule is Cc1c[nH]c(=S)n1-c1cc(Cl)cc(C(F)(F)F)c1. The zero-order chi connectivity index (χ0) is 13.5. The Labute approximate surface area is 111 Å². The van der Waals surface area contributed by atoms with Crippen molar-refractivity contribution in [3.8, 4) is 5.69 Å². The highest BCUT2D eigenvalue weighted by Crippen LogP contribution is 2.33. The predicted molar refractivity (Wildman–Crippen MR) is 65.7 cm³/mol. The van der Waals surface area contributed by atoms with Crippen molar-refractivity contribution in [2.45, 2.75) is 13.1 Å². The molecule has 0 amide bonds. The monoisotopic (exact) mass is 292 g/mol. The molecule has 0 bridgehead atoms. The van der Waals surface area contributed by atoms with Gasteiger partial charge in [-0.3, -0.25) is 4.57 Å². The fourth-order valence-electron chi connectivity index (χ4n) is 1.64. The molecule has 0 saturated heterocycles. The van der Waals surface area contributed by atoms with Crippen LogP contribution >= 0.6 is 23.8 Å². The van der Waals surface area contributed by atoms with Gasteiger partial charge in [0.2, 0.25) is 0 Å². The Hall–Kier alpha value is -1.27. The maximum Gasteiger partial charge on any atom is 0.416 e. The molecule has 0 atom stereocenters. The van der Waals surface area contributed by atoms with Crippen LogP contribution in [0.5, 0.6) is 0 Å². The molecule has 0 spiro atoms. The van der Waals surface area contributed by atoms with Gasteiger partial charge in [0.25, 0.3) is 0 Å². The Morgan fingerprint density at radius 1 is 1.28 bits per heavy atom. The standard InChI is InChI=1S/C11H8ClF3N2S/c1-6-5-16-10(18)17(6)9-3-7(11(13,14)15)2-8(12)4-9/h2-5H,1H3,(H,16,18). The third kappa shape index (κ3) is 2.44. The van der Waals surface area contributed by atoms with Crippen molar-refractivity contribution in [1.29, 1.82) is 0 Å². The maximum absolute atomic E-state index is 12.7. The van der Waals surface area contributed by atoms with Crippen molar-refractivity contribution in [3.63, 3.8) is 0 Å². The van der Waals surface area contributed by atoms with Crippen LogP contribution in [0.3, 0.4) is 0 Å². The average molecular weight is 293 g/mol. The number of alkyl halides is 3. The molecular formula is C11H8ClF3N2S. The highest BCUT2D eigenvalue weighted by Gasteiger charge is 2.31. The molecule has 0 aliphatic carbocycles. The molecule has 18 heavy (non-hydrogen) atoms. The summed E-state index contributed by atoms with van der Waals surface area (Å²) in [4.78, 5) is 2.77. The zero-order valence-corrected chi connectivity index (χ0v) is 10.7. The first-order chi connectivity index (χ1) is 8.29. The Kier molecular flexibility index (Phi) is 3.25. The molecule has 0 radical (unpaired) electrons. The molecule has 96 valence electrons. The van der Waals surface area contributed by atoms with E-state index in [2.05, 4.69) is 4.98 Å². The summed E-state index contributed by atoms with van der Waals surface area (Å²) in [7, 11) is 0. The summed E-state index contributed by atoms with van der Waals surface area (Å²) in [6.45, 7) is 1.74. The predicted octanol–water partition coefficient (Wildman–Crippen LogP) is 4.52. The van der Waals surface area contributed by atoms with Crippen LogP contribution in [0, 0.1) is 11.7 Å². The van der Waals surface area contributed by atoms with Crippen molar-refractivity contribution in [1.82, 2.24) is 9.55 Å². The van der Waals surface area contributed by atoms with Crippen LogP contribution < -0.4 is 0 Å². The molecule has 1 aromatic carbocycles. The average Bonchev–Trinajstić information content (AvgIpc) is 2.56. The molecule has 1 aromatic heterocycles. The van der Waals surface area contributed by atoms with Gasteiger partial charge in [-0.1, -0.05) is 11.6 Å². The number of halogens is 4. The summed E-state index contributed by atoms with van der Waals surface area (Å²) in [6, 6.07) is 3.34. The molecule has 0 aliphatic rings. The highest BCUT2D eigenvalue weighted by molar-refractivity contribution is 7.71. The van der Waals surface area contributed by atoms with Crippen molar-refractivity contribution in [2.75, 3.05) is 0 Å². The lowest BCUT2D eigenvalue weighted by Gasteiger charge is -2.11. The number of nitrogens with zero attached hydrogens (tertiary/aromatic N) is 1. The van der Waals surface area contributed by atoms with Crippen LogP contribution in [-0.2, 0) is 6.18 Å². The first-order valence-corrected chi connectivity index (χ1v) is 5.73. The van der Waals surface area contributed by atoms with Crippen molar-refractivity contribution >= 4 is 23.8 Å². The number of aryl methyl sites for hydroxylation is 1. The largest absolute Gasteiger partial charge is 0.416 e. The van der Waals surface area contributed by atoms with Gasteiger partial charge in [0.05, 0.1) is 11.3 Å². The van der Waals surface area contributed by atoms with E-state index >= 15 is 0 Å². The number of H-pyrrole nitrogens is 1. The summed E-state index contributed by atoms with van der Waals surface area (Å²) in [5.41, 5.74) is 0.196. The van der Waals surface area contributed by atoms with E-state index in [0.29, 0.717) is 16.2 Å². The van der Waals surface area contributed by atoms with E-state index in [0.717, 1.165) is 12.1 Å². The second-order valence-electron chi connectivity index (χ2n) is 3.77. The normalized spacial score (nSPS) is 11.8. The maximum atomic E-state index is 12.7. The lowest BCUT2D eigenvalue weighted by atomic mass is 10.2. The summed E-state index contributed by atoms with van der Waals surface area (Å²) < 4.78 is 39.9. The van der Waals surface area contributed by atoms with Gasteiger partial charge in [-0.25, -0.2) is 0 Å². The van der Waals surface area contributed by atoms with Crippen molar-refractivity contribution in [2.24, 2.45) is 0 Å². The number of benzene rings is 1. The van der Waals surface area contributed by atoms with E-state index < -0.39 is 11.7 Å².